The number of ether oxygens (including phenoxy) is 1. The van der Waals surface area contributed by atoms with Crippen LogP contribution in [0, 0.1) is 0 Å². The number of carboxylic acid groups (broad SMARTS) is 1. The van der Waals surface area contributed by atoms with Crippen LogP contribution in [0.1, 0.15) is 41.7 Å². The molecule has 1 N–H and O–H groups in total. The molecule has 1 atom stereocenters. The summed E-state index contributed by atoms with van der Waals surface area (Å²) in [5.74, 6) is 0.0324. The SMILES string of the molecule is O=C(O)c1ccc(-c2noc(C3CCCCN3C(=O)COc3ccccc3)n2)cn1. The van der Waals surface area contributed by atoms with E-state index in [-0.39, 0.29) is 24.2 Å². The highest BCUT2D eigenvalue weighted by molar-refractivity contribution is 5.85. The molecule has 3 heterocycles. The third kappa shape index (κ3) is 4.29. The number of carbonyl (C=O) groups excluding carboxylic acids is 1. The third-order valence-corrected chi connectivity index (χ3v) is 4.90. The van der Waals surface area contributed by atoms with Crippen LogP contribution in [0.4, 0.5) is 0 Å². The zero-order valence-corrected chi connectivity index (χ0v) is 16.1. The number of benzene rings is 1. The number of carboxylic acids is 1. The lowest BCUT2D eigenvalue weighted by Crippen LogP contribution is -2.41. The molecule has 30 heavy (non-hydrogen) atoms. The van der Waals surface area contributed by atoms with E-state index in [1.807, 2.05) is 18.2 Å². The minimum Gasteiger partial charge on any atom is -0.484 e. The number of pyridine rings is 1. The molecule has 1 aromatic carbocycles. The number of amides is 1. The third-order valence-electron chi connectivity index (χ3n) is 4.90. The van der Waals surface area contributed by atoms with Crippen molar-refractivity contribution in [2.45, 2.75) is 25.3 Å². The highest BCUT2D eigenvalue weighted by atomic mass is 16.5. The number of rotatable bonds is 6. The van der Waals surface area contributed by atoms with Gasteiger partial charge in [0.2, 0.25) is 11.7 Å². The number of aromatic nitrogens is 3. The van der Waals surface area contributed by atoms with Crippen LogP contribution in [-0.4, -0.2) is 50.2 Å². The first-order chi connectivity index (χ1) is 14.6. The summed E-state index contributed by atoms with van der Waals surface area (Å²) in [7, 11) is 0. The van der Waals surface area contributed by atoms with Crippen molar-refractivity contribution in [3.8, 4) is 17.1 Å². The summed E-state index contributed by atoms with van der Waals surface area (Å²) in [4.78, 5) is 33.7. The second kappa shape index (κ2) is 8.73. The Morgan fingerprint density at radius 2 is 2.00 bits per heavy atom. The molecule has 1 fully saturated rings. The predicted molar refractivity (Wildman–Crippen MR) is 105 cm³/mol. The van der Waals surface area contributed by atoms with Crippen LogP contribution in [0.2, 0.25) is 0 Å². The average molecular weight is 408 g/mol. The van der Waals surface area contributed by atoms with Crippen molar-refractivity contribution >= 4 is 11.9 Å². The van der Waals surface area contributed by atoms with Gasteiger partial charge in [-0.1, -0.05) is 23.4 Å². The van der Waals surface area contributed by atoms with Crippen molar-refractivity contribution in [3.63, 3.8) is 0 Å². The van der Waals surface area contributed by atoms with E-state index < -0.39 is 5.97 Å². The van der Waals surface area contributed by atoms with E-state index in [4.69, 9.17) is 14.4 Å². The molecule has 9 heteroatoms. The molecule has 2 aromatic heterocycles. The van der Waals surface area contributed by atoms with E-state index >= 15 is 0 Å². The van der Waals surface area contributed by atoms with Gasteiger partial charge in [0.15, 0.2) is 6.61 Å². The Bertz CT molecular complexity index is 1020. The van der Waals surface area contributed by atoms with Gasteiger partial charge < -0.3 is 19.3 Å². The van der Waals surface area contributed by atoms with Crippen molar-refractivity contribution < 1.29 is 24.0 Å². The highest BCUT2D eigenvalue weighted by Gasteiger charge is 2.32. The lowest BCUT2D eigenvalue weighted by atomic mass is 10.0. The topological polar surface area (TPSA) is 119 Å². The van der Waals surface area contributed by atoms with Crippen LogP contribution < -0.4 is 4.74 Å². The van der Waals surface area contributed by atoms with Crippen LogP contribution in [0.25, 0.3) is 11.4 Å². The number of nitrogens with zero attached hydrogens (tertiary/aromatic N) is 4. The molecule has 1 saturated heterocycles. The van der Waals surface area contributed by atoms with Crippen molar-refractivity contribution in [2.24, 2.45) is 0 Å². The molecule has 4 rings (SSSR count). The molecule has 0 radical (unpaired) electrons. The summed E-state index contributed by atoms with van der Waals surface area (Å²) in [5, 5.41) is 12.9. The summed E-state index contributed by atoms with van der Waals surface area (Å²) < 4.78 is 11.0. The molecular weight excluding hydrogens is 388 g/mol. The monoisotopic (exact) mass is 408 g/mol. The first kappa shape index (κ1) is 19.6. The van der Waals surface area contributed by atoms with Gasteiger partial charge in [-0.2, -0.15) is 4.98 Å². The van der Waals surface area contributed by atoms with Crippen molar-refractivity contribution in [1.82, 2.24) is 20.0 Å². The molecule has 154 valence electrons. The first-order valence-electron chi connectivity index (χ1n) is 9.62. The summed E-state index contributed by atoms with van der Waals surface area (Å²) in [6.07, 6.45) is 3.94. The fourth-order valence-corrected chi connectivity index (χ4v) is 3.37. The minimum absolute atomic E-state index is 0.0649. The molecule has 0 saturated carbocycles. The number of para-hydroxylation sites is 1. The van der Waals surface area contributed by atoms with Crippen molar-refractivity contribution in [2.75, 3.05) is 13.2 Å². The Morgan fingerprint density at radius 3 is 2.73 bits per heavy atom. The van der Waals surface area contributed by atoms with E-state index in [0.29, 0.717) is 29.6 Å². The van der Waals surface area contributed by atoms with Gasteiger partial charge in [0.05, 0.1) is 0 Å². The van der Waals surface area contributed by atoms with Crippen LogP contribution in [0.15, 0.2) is 53.2 Å². The fourth-order valence-electron chi connectivity index (χ4n) is 3.37. The van der Waals surface area contributed by atoms with Gasteiger partial charge in [-0.3, -0.25) is 4.79 Å². The molecule has 1 unspecified atom stereocenters. The zero-order chi connectivity index (χ0) is 20.9. The number of piperidine rings is 1. The second-order valence-electron chi connectivity index (χ2n) is 6.89. The Hall–Kier alpha value is -3.75. The van der Waals surface area contributed by atoms with Gasteiger partial charge in [0, 0.05) is 18.3 Å². The Balaban J connectivity index is 1.47. The van der Waals surface area contributed by atoms with Gasteiger partial charge in [0.1, 0.15) is 17.5 Å². The highest BCUT2D eigenvalue weighted by Crippen LogP contribution is 2.31. The molecule has 0 aliphatic carbocycles. The second-order valence-corrected chi connectivity index (χ2v) is 6.89. The zero-order valence-electron chi connectivity index (χ0n) is 16.1. The summed E-state index contributed by atoms with van der Waals surface area (Å²) >= 11 is 0. The Labute approximate surface area is 172 Å². The van der Waals surface area contributed by atoms with E-state index in [1.165, 1.54) is 12.3 Å². The maximum atomic E-state index is 12.8. The average Bonchev–Trinajstić information content (AvgIpc) is 3.28. The molecule has 0 spiro atoms. The minimum atomic E-state index is -1.11. The Kier molecular flexibility index (Phi) is 5.69. The largest absolute Gasteiger partial charge is 0.484 e. The fraction of sp³-hybridized carbons (Fsp3) is 0.286. The number of hydrogen-bond donors (Lipinski definition) is 1. The lowest BCUT2D eigenvalue weighted by molar-refractivity contribution is -0.138. The van der Waals surface area contributed by atoms with Gasteiger partial charge in [0.25, 0.3) is 5.91 Å². The molecule has 1 aliphatic rings. The van der Waals surface area contributed by atoms with Crippen molar-refractivity contribution in [1.29, 1.82) is 0 Å². The van der Waals surface area contributed by atoms with E-state index in [2.05, 4.69) is 15.1 Å². The van der Waals surface area contributed by atoms with E-state index in [9.17, 15) is 9.59 Å². The van der Waals surface area contributed by atoms with Crippen LogP contribution >= 0.6 is 0 Å². The van der Waals surface area contributed by atoms with Gasteiger partial charge in [-0.05, 0) is 43.5 Å². The summed E-state index contributed by atoms with van der Waals surface area (Å²) in [5.41, 5.74) is 0.473. The maximum Gasteiger partial charge on any atom is 0.354 e. The number of likely N-dealkylation sites (tertiary alicyclic amines) is 1. The van der Waals surface area contributed by atoms with Gasteiger partial charge in [-0.25, -0.2) is 9.78 Å². The number of carbonyl (C=O) groups is 2. The molecule has 1 aliphatic heterocycles. The van der Waals surface area contributed by atoms with Crippen LogP contribution in [0.5, 0.6) is 5.75 Å². The molecule has 0 bridgehead atoms. The first-order valence-corrected chi connectivity index (χ1v) is 9.62. The van der Waals surface area contributed by atoms with Crippen molar-refractivity contribution in [3.05, 3.63) is 60.2 Å². The number of aromatic carboxylic acids is 1. The predicted octanol–water partition coefficient (Wildman–Crippen LogP) is 2.96. The summed E-state index contributed by atoms with van der Waals surface area (Å²) in [6.45, 7) is 0.524. The normalized spacial score (nSPS) is 16.3. The standard InChI is InChI=1S/C21H20N4O5/c26-18(13-29-15-6-2-1-3-7-15)25-11-5-4-8-17(25)20-23-19(24-30-20)14-9-10-16(21(27)28)22-12-14/h1-3,6-7,9-10,12,17H,4-5,8,11,13H2,(H,27,28). The quantitative estimate of drug-likeness (QED) is 0.661. The van der Waals surface area contributed by atoms with Gasteiger partial charge >= 0.3 is 5.97 Å². The van der Waals surface area contributed by atoms with Gasteiger partial charge in [-0.15, -0.1) is 0 Å². The molecule has 9 nitrogen and oxygen atoms in total. The van der Waals surface area contributed by atoms with E-state index in [0.717, 1.165) is 19.3 Å². The number of hydrogen-bond acceptors (Lipinski definition) is 7. The molecule has 1 amide bonds. The van der Waals surface area contributed by atoms with Crippen LogP contribution in [-0.2, 0) is 4.79 Å². The summed E-state index contributed by atoms with van der Waals surface area (Å²) in [6, 6.07) is 11.8. The van der Waals surface area contributed by atoms with E-state index in [1.54, 1.807) is 23.1 Å². The molecular formula is C21H20N4O5. The maximum absolute atomic E-state index is 12.8. The lowest BCUT2D eigenvalue weighted by Gasteiger charge is -2.33. The smallest absolute Gasteiger partial charge is 0.354 e. The Morgan fingerprint density at radius 1 is 1.17 bits per heavy atom. The molecule has 3 aromatic rings. The van der Waals surface area contributed by atoms with Crippen LogP contribution in [0.3, 0.4) is 0 Å².